The van der Waals surface area contributed by atoms with Crippen molar-refractivity contribution in [1.82, 2.24) is 4.90 Å². The number of aliphatic hydroxyl groups excluding tert-OH is 1. The van der Waals surface area contributed by atoms with Gasteiger partial charge in [0.1, 0.15) is 23.4 Å². The number of hydrogen-bond acceptors (Lipinski definition) is 7. The van der Waals surface area contributed by atoms with Crippen molar-refractivity contribution in [1.29, 1.82) is 0 Å². The van der Waals surface area contributed by atoms with Crippen molar-refractivity contribution in [3.8, 4) is 0 Å². The molecule has 21 heavy (non-hydrogen) atoms. The minimum atomic E-state index is -3.18. The number of azide groups is 1. The smallest absolute Gasteiger partial charge is 0.174 e. The zero-order valence-electron chi connectivity index (χ0n) is 12.8. The second kappa shape index (κ2) is 5.70. The molecule has 0 radical (unpaired) electrons. The molecule has 0 aromatic carbocycles. The number of alkyl halides is 1. The first-order valence-corrected chi connectivity index (χ1v) is 5.87. The second-order valence-corrected chi connectivity index (χ2v) is 4.46. The number of halogens is 1. The van der Waals surface area contributed by atoms with E-state index in [2.05, 4.69) is 21.6 Å². The first-order chi connectivity index (χ1) is 10.6. The Balaban J connectivity index is 2.38. The van der Waals surface area contributed by atoms with Gasteiger partial charge in [-0.1, -0.05) is 11.7 Å². The highest BCUT2D eigenvalue weighted by atomic mass is 19.1. The zero-order valence-corrected chi connectivity index (χ0v) is 10.8. The maximum Gasteiger partial charge on any atom is 0.174 e. The summed E-state index contributed by atoms with van der Waals surface area (Å²) in [5.41, 5.74) is 11.4. The lowest BCUT2D eigenvalue weighted by Crippen LogP contribution is -2.48. The Kier molecular flexibility index (Phi) is 3.42. The largest absolute Gasteiger partial charge is 0.393 e. The van der Waals surface area contributed by atoms with Crippen molar-refractivity contribution in [2.45, 2.75) is 24.1 Å². The van der Waals surface area contributed by atoms with E-state index >= 15 is 0 Å². The minimum Gasteiger partial charge on any atom is -0.393 e. The number of aliphatic imine (C=N–C) groups is 1. The van der Waals surface area contributed by atoms with Gasteiger partial charge in [0.25, 0.3) is 0 Å². The molecular formula is C11H15FN6O3. The van der Waals surface area contributed by atoms with E-state index in [1.165, 1.54) is 12.3 Å². The fourth-order valence-electron chi connectivity index (χ4n) is 2.09. The summed E-state index contributed by atoms with van der Waals surface area (Å²) in [6, 6.07) is 0. The van der Waals surface area contributed by atoms with Crippen LogP contribution in [0, 0.1) is 0 Å². The lowest BCUT2D eigenvalue weighted by molar-refractivity contribution is -0.128. The summed E-state index contributed by atoms with van der Waals surface area (Å²) in [6.45, 7) is -0.434. The molecule has 1 saturated heterocycles. The average Bonchev–Trinajstić information content (AvgIpc) is 2.70. The van der Waals surface area contributed by atoms with E-state index in [-0.39, 0.29) is 11.7 Å². The van der Waals surface area contributed by atoms with Crippen LogP contribution in [0.5, 0.6) is 0 Å². The highest BCUT2D eigenvalue weighted by Gasteiger charge is 2.56. The van der Waals surface area contributed by atoms with E-state index in [1.54, 1.807) is 0 Å². The number of nitrogens with zero attached hydrogens (tertiary/aromatic N) is 5. The molecule has 2 heterocycles. The fraction of sp³-hybridized carbons (Fsp3) is 0.545. The molecule has 114 valence electrons. The van der Waals surface area contributed by atoms with Crippen LogP contribution in [0.1, 0.15) is 2.74 Å². The van der Waals surface area contributed by atoms with Crippen molar-refractivity contribution in [2.75, 3.05) is 13.1 Å². The number of amidine groups is 1. The molecule has 2 aliphatic heterocycles. The number of ether oxygens (including phenoxy) is 1. The van der Waals surface area contributed by atoms with Crippen molar-refractivity contribution < 1.29 is 22.1 Å². The van der Waals surface area contributed by atoms with Gasteiger partial charge in [-0.25, -0.2) is 9.38 Å². The van der Waals surface area contributed by atoms with Gasteiger partial charge in [-0.05, 0) is 11.6 Å². The van der Waals surface area contributed by atoms with Gasteiger partial charge in [-0.15, -0.1) is 0 Å². The molecule has 0 unspecified atom stereocenters. The molecule has 4 atom stereocenters. The van der Waals surface area contributed by atoms with E-state index < -0.39 is 37.2 Å². The Morgan fingerprint density at radius 1 is 1.81 bits per heavy atom. The van der Waals surface area contributed by atoms with Gasteiger partial charge in [0, 0.05) is 11.1 Å². The molecule has 0 saturated carbocycles. The van der Waals surface area contributed by atoms with Gasteiger partial charge in [0.15, 0.2) is 12.4 Å². The van der Waals surface area contributed by atoms with E-state index in [1.807, 2.05) is 0 Å². The lowest BCUT2D eigenvalue weighted by Gasteiger charge is -2.31. The Bertz CT molecular complexity index is 617. The predicted octanol–water partition coefficient (Wildman–Crippen LogP) is -0.259. The summed E-state index contributed by atoms with van der Waals surface area (Å²) in [7, 11) is 0. The van der Waals surface area contributed by atoms with E-state index in [0.717, 1.165) is 4.90 Å². The Morgan fingerprint density at radius 3 is 3.10 bits per heavy atom. The Morgan fingerprint density at radius 2 is 2.52 bits per heavy atom. The molecule has 0 aromatic rings. The first kappa shape index (κ1) is 12.6. The third-order valence-electron chi connectivity index (χ3n) is 3.18. The molecule has 10 heteroatoms. The van der Waals surface area contributed by atoms with Crippen molar-refractivity contribution in [3.63, 3.8) is 0 Å². The third-order valence-corrected chi connectivity index (χ3v) is 3.18. The van der Waals surface area contributed by atoms with Crippen LogP contribution in [0.4, 0.5) is 4.39 Å². The molecule has 0 spiro atoms. The summed E-state index contributed by atoms with van der Waals surface area (Å²) < 4.78 is 34.7. The number of rotatable bonds is 4. The Hall–Kier alpha value is -2.13. The maximum atomic E-state index is 14.5. The van der Waals surface area contributed by atoms with Crippen molar-refractivity contribution in [2.24, 2.45) is 15.8 Å². The number of aliphatic hydroxyl groups is 2. The van der Waals surface area contributed by atoms with Crippen molar-refractivity contribution in [3.05, 3.63) is 35.1 Å². The number of nitrogens with two attached hydrogens (primary N) is 1. The third kappa shape index (κ3) is 2.57. The standard InChI is InChI=1S/C11H15FN6O3/c1-6-16-7(13)2-3-18(6)10-8(12)9(20)11(5-19,21-10)4-15-17-14/h2-3,8-10,19-20H,1,4-5H2,(H2,13,16)/t8-,9+,10-,11-/m1/s1/i5D2. The molecule has 9 nitrogen and oxygen atoms in total. The second-order valence-electron chi connectivity index (χ2n) is 4.46. The van der Waals surface area contributed by atoms with Crippen LogP contribution < -0.4 is 5.73 Å². The molecule has 2 aliphatic rings. The molecule has 0 bridgehead atoms. The van der Waals surface area contributed by atoms with Gasteiger partial charge in [-0.3, -0.25) is 0 Å². The van der Waals surface area contributed by atoms with E-state index in [0.29, 0.717) is 0 Å². The summed E-state index contributed by atoms with van der Waals surface area (Å²) in [5, 5.41) is 22.9. The van der Waals surface area contributed by atoms with E-state index in [4.69, 9.17) is 18.7 Å². The quantitative estimate of drug-likeness (QED) is 0.373. The van der Waals surface area contributed by atoms with Gasteiger partial charge in [0.2, 0.25) is 0 Å². The highest BCUT2D eigenvalue weighted by molar-refractivity contribution is 5.92. The van der Waals surface area contributed by atoms with Crippen LogP contribution in [0.2, 0.25) is 0 Å². The molecular weight excluding hydrogens is 283 g/mol. The van der Waals surface area contributed by atoms with Crippen molar-refractivity contribution >= 4 is 5.84 Å². The molecule has 0 amide bonds. The maximum absolute atomic E-state index is 14.5. The average molecular weight is 300 g/mol. The van der Waals surface area contributed by atoms with Crippen LogP contribution in [0.25, 0.3) is 10.4 Å². The molecule has 2 rings (SSSR count). The van der Waals surface area contributed by atoms with Gasteiger partial charge in [0.05, 0.1) is 15.8 Å². The van der Waals surface area contributed by atoms with Crippen LogP contribution in [0.15, 0.2) is 34.8 Å². The van der Waals surface area contributed by atoms with Gasteiger partial charge < -0.3 is 25.6 Å². The predicted molar refractivity (Wildman–Crippen MR) is 71.3 cm³/mol. The zero-order chi connectivity index (χ0) is 17.4. The van der Waals surface area contributed by atoms with Crippen LogP contribution in [0.3, 0.4) is 0 Å². The van der Waals surface area contributed by atoms with Crippen LogP contribution in [-0.2, 0) is 4.74 Å². The first-order valence-electron chi connectivity index (χ1n) is 6.87. The monoisotopic (exact) mass is 300 g/mol. The summed E-state index contributed by atoms with van der Waals surface area (Å²) in [6.07, 6.45) is -3.14. The minimum absolute atomic E-state index is 0.00272. The summed E-state index contributed by atoms with van der Waals surface area (Å²) in [4.78, 5) is 7.33. The fourth-order valence-corrected chi connectivity index (χ4v) is 2.09. The molecule has 0 aliphatic carbocycles. The summed E-state index contributed by atoms with van der Waals surface area (Å²) in [5.74, 6) is 0.126. The SMILES string of the molecule is [2H]C([2H])(O)[C@@]1(CN=[N+]=[N-])O[C@@H](N2C=CC(N)=NC2=C)[C@H](F)[C@@H]1O. The highest BCUT2D eigenvalue weighted by Crippen LogP contribution is 2.37. The molecule has 0 aromatic heterocycles. The number of hydrogen-bond donors (Lipinski definition) is 3. The van der Waals surface area contributed by atoms with Gasteiger partial charge in [-0.2, -0.15) is 0 Å². The van der Waals surface area contributed by atoms with Crippen LogP contribution >= 0.6 is 0 Å². The normalized spacial score (nSPS) is 37.7. The topological polar surface area (TPSA) is 140 Å². The van der Waals surface area contributed by atoms with Crippen LogP contribution in [-0.4, -0.2) is 58.2 Å². The van der Waals surface area contributed by atoms with Gasteiger partial charge >= 0.3 is 0 Å². The van der Waals surface area contributed by atoms with E-state index in [9.17, 15) is 14.6 Å². The molecule has 1 fully saturated rings. The molecule has 4 N–H and O–H groups in total. The Labute approximate surface area is 122 Å². The lowest BCUT2D eigenvalue weighted by atomic mass is 9.97. The summed E-state index contributed by atoms with van der Waals surface area (Å²) >= 11 is 0.